The molecule has 0 saturated heterocycles. The predicted octanol–water partition coefficient (Wildman–Crippen LogP) is 5.31. The molecule has 112 valence electrons. The van der Waals surface area contributed by atoms with Crippen molar-refractivity contribution in [2.45, 2.75) is 44.3 Å². The van der Waals surface area contributed by atoms with Crippen LogP contribution in [0.15, 0.2) is 24.3 Å². The molecule has 1 aliphatic rings. The molecule has 1 fully saturated rings. The average Bonchev–Trinajstić information content (AvgIpc) is 2.41. The van der Waals surface area contributed by atoms with Crippen LogP contribution in [0.3, 0.4) is 0 Å². The summed E-state index contributed by atoms with van der Waals surface area (Å²) in [6.45, 7) is 2.17. The molecule has 1 aliphatic carbocycles. The number of hydrogen-bond acceptors (Lipinski definition) is 1. The van der Waals surface area contributed by atoms with E-state index in [2.05, 4.69) is 12.2 Å². The first kappa shape index (κ1) is 15.5. The average molecular weight is 306 g/mol. The smallest absolute Gasteiger partial charge is 0.378 e. The minimum atomic E-state index is -4.35. The van der Waals surface area contributed by atoms with Crippen molar-refractivity contribution in [1.82, 2.24) is 0 Å². The van der Waals surface area contributed by atoms with Gasteiger partial charge in [0, 0.05) is 11.6 Å². The summed E-state index contributed by atoms with van der Waals surface area (Å²) in [6, 6.07) is 5.61. The van der Waals surface area contributed by atoms with Crippen LogP contribution in [0.4, 0.5) is 18.9 Å². The maximum absolute atomic E-state index is 13.0. The highest BCUT2D eigenvalue weighted by molar-refractivity contribution is 6.18. The summed E-state index contributed by atoms with van der Waals surface area (Å²) >= 11 is 6.06. The lowest BCUT2D eigenvalue weighted by Crippen LogP contribution is -2.44. The monoisotopic (exact) mass is 305 g/mol. The van der Waals surface area contributed by atoms with Crippen LogP contribution in [0, 0.1) is 5.92 Å². The Balaban J connectivity index is 2.24. The van der Waals surface area contributed by atoms with Crippen LogP contribution in [0.5, 0.6) is 0 Å². The second kappa shape index (κ2) is 5.84. The number of anilines is 1. The molecule has 0 aromatic heterocycles. The maximum Gasteiger partial charge on any atom is 0.418 e. The van der Waals surface area contributed by atoms with Crippen molar-refractivity contribution < 1.29 is 13.2 Å². The van der Waals surface area contributed by atoms with Crippen LogP contribution in [0.1, 0.15) is 38.2 Å². The summed E-state index contributed by atoms with van der Waals surface area (Å²) in [4.78, 5) is 0. The van der Waals surface area contributed by atoms with Gasteiger partial charge >= 0.3 is 6.18 Å². The van der Waals surface area contributed by atoms with Gasteiger partial charge in [-0.05, 0) is 43.7 Å². The molecule has 2 rings (SSSR count). The summed E-state index contributed by atoms with van der Waals surface area (Å²) in [5, 5.41) is 3.09. The number of halogens is 4. The van der Waals surface area contributed by atoms with Gasteiger partial charge in [-0.15, -0.1) is 11.6 Å². The third-order valence-corrected chi connectivity index (χ3v) is 4.63. The van der Waals surface area contributed by atoms with Crippen molar-refractivity contribution in [1.29, 1.82) is 0 Å². The first-order valence-corrected chi connectivity index (χ1v) is 7.40. The Morgan fingerprint density at radius 1 is 1.25 bits per heavy atom. The third kappa shape index (κ3) is 3.40. The van der Waals surface area contributed by atoms with E-state index in [1.54, 1.807) is 6.07 Å². The molecule has 1 nitrogen and oxygen atoms in total. The first-order chi connectivity index (χ1) is 9.36. The highest BCUT2D eigenvalue weighted by Crippen LogP contribution is 2.40. The Labute approximate surface area is 122 Å². The third-order valence-electron chi connectivity index (χ3n) is 4.12. The van der Waals surface area contributed by atoms with Crippen molar-refractivity contribution in [3.63, 3.8) is 0 Å². The summed E-state index contributed by atoms with van der Waals surface area (Å²) < 4.78 is 39.1. The zero-order valence-corrected chi connectivity index (χ0v) is 12.2. The normalized spacial score (nSPS) is 27.4. The predicted molar refractivity (Wildman–Crippen MR) is 76.1 cm³/mol. The number of para-hydroxylation sites is 1. The van der Waals surface area contributed by atoms with Gasteiger partial charge in [0.2, 0.25) is 0 Å². The molecule has 1 saturated carbocycles. The van der Waals surface area contributed by atoms with Gasteiger partial charge in [0.15, 0.2) is 0 Å². The van der Waals surface area contributed by atoms with Gasteiger partial charge in [-0.1, -0.05) is 19.1 Å². The molecule has 0 radical (unpaired) electrons. The molecular weight excluding hydrogens is 287 g/mol. The molecule has 0 atom stereocenters. The SMILES string of the molecule is CC1CCC(CCl)(Nc2ccccc2C(F)(F)F)CC1. The highest BCUT2D eigenvalue weighted by Gasteiger charge is 2.38. The lowest BCUT2D eigenvalue weighted by Gasteiger charge is -2.40. The first-order valence-electron chi connectivity index (χ1n) is 6.87. The Morgan fingerprint density at radius 2 is 1.85 bits per heavy atom. The van der Waals surface area contributed by atoms with E-state index in [0.717, 1.165) is 31.7 Å². The molecule has 0 unspecified atom stereocenters. The summed E-state index contributed by atoms with van der Waals surface area (Å²) in [5.41, 5.74) is -0.909. The fraction of sp³-hybridized carbons (Fsp3) is 0.600. The number of alkyl halides is 4. The number of hydrogen-bond donors (Lipinski definition) is 1. The van der Waals surface area contributed by atoms with E-state index in [0.29, 0.717) is 11.8 Å². The molecular formula is C15H19ClF3N. The summed E-state index contributed by atoms with van der Waals surface area (Å²) in [7, 11) is 0. The van der Waals surface area contributed by atoms with Crippen LogP contribution < -0.4 is 5.32 Å². The van der Waals surface area contributed by atoms with E-state index < -0.39 is 17.3 Å². The van der Waals surface area contributed by atoms with E-state index in [1.165, 1.54) is 12.1 Å². The molecule has 5 heteroatoms. The van der Waals surface area contributed by atoms with Crippen molar-refractivity contribution in [2.24, 2.45) is 5.92 Å². The van der Waals surface area contributed by atoms with Crippen LogP contribution in [-0.2, 0) is 6.18 Å². The van der Waals surface area contributed by atoms with Gasteiger partial charge in [-0.3, -0.25) is 0 Å². The van der Waals surface area contributed by atoms with Crippen molar-refractivity contribution in [3.8, 4) is 0 Å². The van der Waals surface area contributed by atoms with Gasteiger partial charge < -0.3 is 5.32 Å². The minimum absolute atomic E-state index is 0.134. The molecule has 1 N–H and O–H groups in total. The van der Waals surface area contributed by atoms with Gasteiger partial charge in [0.05, 0.1) is 11.1 Å². The lowest BCUT2D eigenvalue weighted by molar-refractivity contribution is -0.137. The highest BCUT2D eigenvalue weighted by atomic mass is 35.5. The van der Waals surface area contributed by atoms with Crippen LogP contribution in [0.2, 0.25) is 0 Å². The number of benzene rings is 1. The van der Waals surface area contributed by atoms with Crippen LogP contribution in [0.25, 0.3) is 0 Å². The molecule has 1 aromatic carbocycles. The van der Waals surface area contributed by atoms with Gasteiger partial charge in [0.25, 0.3) is 0 Å². The Morgan fingerprint density at radius 3 is 2.40 bits per heavy atom. The standard InChI is InChI=1S/C15H19ClF3N/c1-11-6-8-14(10-16,9-7-11)20-13-5-3-2-4-12(13)15(17,18)19/h2-5,11,20H,6-10H2,1H3. The topological polar surface area (TPSA) is 12.0 Å². The van der Waals surface area contributed by atoms with Gasteiger partial charge in [-0.25, -0.2) is 0 Å². The molecule has 0 amide bonds. The maximum atomic E-state index is 13.0. The second-order valence-corrected chi connectivity index (χ2v) is 6.03. The second-order valence-electron chi connectivity index (χ2n) is 5.76. The Kier molecular flexibility index (Phi) is 4.52. The van der Waals surface area contributed by atoms with Crippen molar-refractivity contribution >= 4 is 17.3 Å². The fourth-order valence-corrected chi connectivity index (χ4v) is 3.07. The molecule has 1 aromatic rings. The van der Waals surface area contributed by atoms with Crippen molar-refractivity contribution in [3.05, 3.63) is 29.8 Å². The van der Waals surface area contributed by atoms with E-state index >= 15 is 0 Å². The van der Waals surface area contributed by atoms with Gasteiger partial charge in [0.1, 0.15) is 0 Å². The Bertz CT molecular complexity index is 451. The molecule has 0 spiro atoms. The van der Waals surface area contributed by atoms with Crippen LogP contribution in [-0.4, -0.2) is 11.4 Å². The Hall–Kier alpha value is -0.900. The van der Waals surface area contributed by atoms with E-state index in [-0.39, 0.29) is 5.69 Å². The molecule has 0 heterocycles. The minimum Gasteiger partial charge on any atom is -0.378 e. The molecule has 0 aliphatic heterocycles. The van der Waals surface area contributed by atoms with Crippen LogP contribution >= 0.6 is 11.6 Å². The zero-order chi connectivity index (χ0) is 14.8. The molecule has 20 heavy (non-hydrogen) atoms. The quantitative estimate of drug-likeness (QED) is 0.747. The number of nitrogens with one attached hydrogen (secondary N) is 1. The summed E-state index contributed by atoms with van der Waals surface area (Å²) in [6.07, 6.45) is -0.741. The summed E-state index contributed by atoms with van der Waals surface area (Å²) in [5.74, 6) is 0.942. The number of rotatable bonds is 3. The lowest BCUT2D eigenvalue weighted by atomic mass is 9.78. The van der Waals surface area contributed by atoms with E-state index in [4.69, 9.17) is 11.6 Å². The largest absolute Gasteiger partial charge is 0.418 e. The van der Waals surface area contributed by atoms with Gasteiger partial charge in [-0.2, -0.15) is 13.2 Å². The van der Waals surface area contributed by atoms with E-state index in [9.17, 15) is 13.2 Å². The fourth-order valence-electron chi connectivity index (χ4n) is 2.73. The molecule has 0 bridgehead atoms. The van der Waals surface area contributed by atoms with E-state index in [1.807, 2.05) is 0 Å². The van der Waals surface area contributed by atoms with Crippen molar-refractivity contribution in [2.75, 3.05) is 11.2 Å². The zero-order valence-electron chi connectivity index (χ0n) is 11.4.